The Morgan fingerprint density at radius 1 is 0.903 bits per heavy atom. The van der Waals surface area contributed by atoms with Gasteiger partial charge in [-0.1, -0.05) is 13.8 Å². The number of thioether (sulfide) groups is 1. The van der Waals surface area contributed by atoms with Crippen molar-refractivity contribution >= 4 is 41.4 Å². The molecule has 0 aromatic carbocycles. The number of nitrogens with one attached hydrogen (secondary N) is 3. The molecule has 4 amide bonds. The molecule has 11 nitrogen and oxygen atoms in total. The lowest BCUT2D eigenvalue weighted by molar-refractivity contribution is -0.142. The molecule has 12 heteroatoms. The quantitative estimate of drug-likeness (QED) is 0.177. The van der Waals surface area contributed by atoms with Gasteiger partial charge >= 0.3 is 5.97 Å². The Morgan fingerprint density at radius 3 is 1.94 bits per heavy atom. The average Bonchev–Trinajstić information content (AvgIpc) is 2.67. The summed E-state index contributed by atoms with van der Waals surface area (Å²) in [5.74, 6) is -2.98. The third-order valence-electron chi connectivity index (χ3n) is 4.35. The smallest absolute Gasteiger partial charge is 0.325 e. The topological polar surface area (TPSA) is 194 Å². The van der Waals surface area contributed by atoms with Crippen LogP contribution in [0.5, 0.6) is 0 Å². The minimum atomic E-state index is -1.20. The van der Waals surface area contributed by atoms with Crippen molar-refractivity contribution in [1.82, 2.24) is 16.0 Å². The Labute approximate surface area is 186 Å². The number of nitrogens with two attached hydrogens (primary N) is 2. The Kier molecular flexibility index (Phi) is 13.5. The van der Waals surface area contributed by atoms with Crippen molar-refractivity contribution < 1.29 is 29.1 Å². The van der Waals surface area contributed by atoms with Gasteiger partial charge in [-0.2, -0.15) is 11.8 Å². The van der Waals surface area contributed by atoms with E-state index in [0.717, 1.165) is 0 Å². The molecule has 0 aromatic rings. The number of aliphatic carboxylic acids is 1. The predicted octanol–water partition coefficient (Wildman–Crippen LogP) is -1.06. The maximum atomic E-state index is 12.8. The van der Waals surface area contributed by atoms with Crippen LogP contribution < -0.4 is 27.4 Å². The van der Waals surface area contributed by atoms with Crippen molar-refractivity contribution in [3.63, 3.8) is 0 Å². The number of carbonyl (C=O) groups excluding carboxylic acids is 4. The number of carboxylic acid groups (broad SMARTS) is 1. The third-order valence-corrected chi connectivity index (χ3v) is 5.00. The summed E-state index contributed by atoms with van der Waals surface area (Å²) in [6, 6.07) is -4.04. The molecule has 31 heavy (non-hydrogen) atoms. The van der Waals surface area contributed by atoms with Gasteiger partial charge in [-0.15, -0.1) is 0 Å². The highest BCUT2D eigenvalue weighted by Gasteiger charge is 2.29. The zero-order valence-electron chi connectivity index (χ0n) is 18.5. The molecule has 4 atom stereocenters. The first-order chi connectivity index (χ1) is 14.4. The van der Waals surface area contributed by atoms with E-state index >= 15 is 0 Å². The summed E-state index contributed by atoms with van der Waals surface area (Å²) in [6.45, 7) is 5.04. The first-order valence-electron chi connectivity index (χ1n) is 10.1. The molecular weight excluding hydrogens is 426 g/mol. The molecule has 0 aliphatic rings. The largest absolute Gasteiger partial charge is 0.480 e. The van der Waals surface area contributed by atoms with Crippen LogP contribution in [0, 0.1) is 5.92 Å². The molecule has 8 N–H and O–H groups in total. The molecule has 0 bridgehead atoms. The summed E-state index contributed by atoms with van der Waals surface area (Å²) in [5, 5.41) is 16.5. The van der Waals surface area contributed by atoms with E-state index in [2.05, 4.69) is 16.0 Å². The van der Waals surface area contributed by atoms with E-state index < -0.39 is 53.8 Å². The molecule has 0 heterocycles. The van der Waals surface area contributed by atoms with Gasteiger partial charge in [0.1, 0.15) is 18.1 Å². The third kappa shape index (κ3) is 12.2. The van der Waals surface area contributed by atoms with Crippen LogP contribution in [0.15, 0.2) is 0 Å². The van der Waals surface area contributed by atoms with E-state index in [1.807, 2.05) is 20.1 Å². The van der Waals surface area contributed by atoms with Crippen molar-refractivity contribution in [2.45, 2.75) is 70.6 Å². The summed E-state index contributed by atoms with van der Waals surface area (Å²) in [7, 11) is 0. The highest BCUT2D eigenvalue weighted by atomic mass is 32.2. The highest BCUT2D eigenvalue weighted by molar-refractivity contribution is 7.98. The number of hydrogen-bond acceptors (Lipinski definition) is 7. The molecule has 0 saturated heterocycles. The molecule has 0 saturated carbocycles. The predicted molar refractivity (Wildman–Crippen MR) is 118 cm³/mol. The summed E-state index contributed by atoms with van der Waals surface area (Å²) in [5.41, 5.74) is 10.8. The molecule has 0 rings (SSSR count). The van der Waals surface area contributed by atoms with E-state index in [1.165, 1.54) is 18.7 Å². The molecule has 0 aromatic heterocycles. The van der Waals surface area contributed by atoms with E-state index in [1.54, 1.807) is 0 Å². The molecule has 178 valence electrons. The van der Waals surface area contributed by atoms with Crippen LogP contribution in [-0.4, -0.2) is 70.9 Å². The van der Waals surface area contributed by atoms with E-state index in [0.29, 0.717) is 12.2 Å². The molecule has 4 unspecified atom stereocenters. The highest BCUT2D eigenvalue weighted by Crippen LogP contribution is 2.08. The number of carboxylic acids is 1. The maximum Gasteiger partial charge on any atom is 0.325 e. The number of hydrogen-bond donors (Lipinski definition) is 6. The van der Waals surface area contributed by atoms with Gasteiger partial charge < -0.3 is 32.5 Å². The second kappa shape index (κ2) is 14.6. The van der Waals surface area contributed by atoms with Crippen LogP contribution in [0.25, 0.3) is 0 Å². The van der Waals surface area contributed by atoms with Crippen molar-refractivity contribution in [2.75, 3.05) is 12.0 Å². The summed E-state index contributed by atoms with van der Waals surface area (Å²) in [4.78, 5) is 59.6. The monoisotopic (exact) mass is 461 g/mol. The van der Waals surface area contributed by atoms with E-state index in [4.69, 9.17) is 16.6 Å². The summed E-state index contributed by atoms with van der Waals surface area (Å²) in [6.07, 6.45) is 2.41. The molecule has 0 aliphatic heterocycles. The average molecular weight is 462 g/mol. The standard InChI is InChI=1S/C19H35N5O6S/c1-10(2)9-14(18(28)22-11(3)19(29)30)24-17(27)13(7-8-31-4)23-16(26)12(20)5-6-15(21)25/h10-14H,5-9,20H2,1-4H3,(H2,21,25)(H,22,28)(H,23,26)(H,24,27)(H,29,30). The van der Waals surface area contributed by atoms with Gasteiger partial charge in [0.05, 0.1) is 6.04 Å². The lowest BCUT2D eigenvalue weighted by atomic mass is 10.0. The van der Waals surface area contributed by atoms with Crippen molar-refractivity contribution in [2.24, 2.45) is 17.4 Å². The molecule has 0 radical (unpaired) electrons. The van der Waals surface area contributed by atoms with Gasteiger partial charge in [-0.05, 0) is 44.1 Å². The zero-order chi connectivity index (χ0) is 24.1. The lowest BCUT2D eigenvalue weighted by Gasteiger charge is -2.25. The second-order valence-corrected chi connectivity index (χ2v) is 8.70. The van der Waals surface area contributed by atoms with Gasteiger partial charge in [0.2, 0.25) is 23.6 Å². The number of rotatable bonds is 15. The van der Waals surface area contributed by atoms with Crippen LogP contribution in [0.2, 0.25) is 0 Å². The Morgan fingerprint density at radius 2 is 1.45 bits per heavy atom. The van der Waals surface area contributed by atoms with Gasteiger partial charge in [-0.25, -0.2) is 0 Å². The SMILES string of the molecule is CSCCC(NC(=O)C(N)CCC(N)=O)C(=O)NC(CC(C)C)C(=O)NC(C)C(=O)O. The zero-order valence-corrected chi connectivity index (χ0v) is 19.3. The van der Waals surface area contributed by atoms with Gasteiger partial charge in [-0.3, -0.25) is 24.0 Å². The fourth-order valence-electron chi connectivity index (χ4n) is 2.56. The lowest BCUT2D eigenvalue weighted by Crippen LogP contribution is -2.57. The summed E-state index contributed by atoms with van der Waals surface area (Å²) >= 11 is 1.48. The molecule has 0 aliphatic carbocycles. The van der Waals surface area contributed by atoms with Crippen LogP contribution in [-0.2, 0) is 24.0 Å². The summed E-state index contributed by atoms with van der Waals surface area (Å²) < 4.78 is 0. The number of amides is 4. The number of primary amides is 1. The normalized spacial score (nSPS) is 14.8. The first-order valence-corrected chi connectivity index (χ1v) is 11.4. The molecular formula is C19H35N5O6S. The Bertz CT molecular complexity index is 645. The first kappa shape index (κ1) is 28.7. The van der Waals surface area contributed by atoms with Crippen molar-refractivity contribution in [3.8, 4) is 0 Å². The maximum absolute atomic E-state index is 12.8. The van der Waals surface area contributed by atoms with Crippen molar-refractivity contribution in [3.05, 3.63) is 0 Å². The van der Waals surface area contributed by atoms with Crippen LogP contribution in [0.1, 0.15) is 46.5 Å². The van der Waals surface area contributed by atoms with Gasteiger partial charge in [0.15, 0.2) is 0 Å². The minimum Gasteiger partial charge on any atom is -0.480 e. The fraction of sp³-hybridized carbons (Fsp3) is 0.737. The van der Waals surface area contributed by atoms with Gasteiger partial charge in [0, 0.05) is 6.42 Å². The Balaban J connectivity index is 5.27. The fourth-order valence-corrected chi connectivity index (χ4v) is 3.03. The van der Waals surface area contributed by atoms with E-state index in [9.17, 15) is 24.0 Å². The van der Waals surface area contributed by atoms with Gasteiger partial charge in [0.25, 0.3) is 0 Å². The van der Waals surface area contributed by atoms with Crippen LogP contribution >= 0.6 is 11.8 Å². The molecule has 0 fully saturated rings. The van der Waals surface area contributed by atoms with E-state index in [-0.39, 0.29) is 25.2 Å². The van der Waals surface area contributed by atoms with Crippen molar-refractivity contribution in [1.29, 1.82) is 0 Å². The minimum absolute atomic E-state index is 0.0395. The molecule has 0 spiro atoms. The second-order valence-electron chi connectivity index (χ2n) is 7.71. The number of carbonyl (C=O) groups is 5. The Hall–Kier alpha value is -2.34. The van der Waals surface area contributed by atoms with Crippen LogP contribution in [0.4, 0.5) is 0 Å². The van der Waals surface area contributed by atoms with Crippen LogP contribution in [0.3, 0.4) is 0 Å².